The van der Waals surface area contributed by atoms with E-state index in [0.29, 0.717) is 15.6 Å². The molecule has 6 nitrogen and oxygen atoms in total. The lowest BCUT2D eigenvalue weighted by Crippen LogP contribution is -2.25. The van der Waals surface area contributed by atoms with E-state index in [9.17, 15) is 9.18 Å². The van der Waals surface area contributed by atoms with Crippen molar-refractivity contribution in [2.75, 3.05) is 10.6 Å². The molecule has 0 radical (unpaired) electrons. The summed E-state index contributed by atoms with van der Waals surface area (Å²) in [6, 6.07) is 2.56. The van der Waals surface area contributed by atoms with E-state index >= 15 is 0 Å². The van der Waals surface area contributed by atoms with Crippen LogP contribution in [0.4, 0.5) is 15.3 Å². The number of nitriles is 1. The van der Waals surface area contributed by atoms with Gasteiger partial charge < -0.3 is 10.6 Å². The summed E-state index contributed by atoms with van der Waals surface area (Å²) in [5.41, 5.74) is 0.235. The van der Waals surface area contributed by atoms with Crippen LogP contribution in [0.5, 0.6) is 0 Å². The fraction of sp³-hybridized carbons (Fsp3) is 0.529. The van der Waals surface area contributed by atoms with Gasteiger partial charge in [-0.2, -0.15) is 5.26 Å². The van der Waals surface area contributed by atoms with E-state index in [-0.39, 0.29) is 29.3 Å². The fourth-order valence-electron chi connectivity index (χ4n) is 3.14. The first kappa shape index (κ1) is 16.2. The molecular weight excluding hydrogens is 341 g/mol. The number of hydrogen-bond acceptors (Lipinski definition) is 6. The van der Waals surface area contributed by atoms with Crippen molar-refractivity contribution in [2.24, 2.45) is 11.8 Å². The molecule has 2 aromatic heterocycles. The summed E-state index contributed by atoms with van der Waals surface area (Å²) >= 11 is 1.31. The first-order valence-corrected chi connectivity index (χ1v) is 9.37. The number of thiazole rings is 1. The Bertz CT molecular complexity index is 849. The smallest absolute Gasteiger partial charge is 0.228 e. The minimum Gasteiger partial charge on any atom is -0.359 e. The predicted molar refractivity (Wildman–Crippen MR) is 93.7 cm³/mol. The average molecular weight is 359 g/mol. The predicted octanol–water partition coefficient (Wildman–Crippen LogP) is 3.67. The van der Waals surface area contributed by atoms with Crippen LogP contribution in [0.3, 0.4) is 0 Å². The van der Waals surface area contributed by atoms with Gasteiger partial charge in [-0.25, -0.2) is 14.4 Å². The third-order valence-electron chi connectivity index (χ3n) is 4.80. The van der Waals surface area contributed by atoms with Crippen molar-refractivity contribution >= 4 is 38.4 Å². The summed E-state index contributed by atoms with van der Waals surface area (Å²) < 4.78 is 14.6. The van der Waals surface area contributed by atoms with Crippen molar-refractivity contribution in [2.45, 2.75) is 44.6 Å². The maximum atomic E-state index is 14.1. The van der Waals surface area contributed by atoms with E-state index in [1.54, 1.807) is 0 Å². The van der Waals surface area contributed by atoms with Gasteiger partial charge in [0.15, 0.2) is 16.8 Å². The Kier molecular flexibility index (Phi) is 4.25. The topological polar surface area (TPSA) is 90.7 Å². The second-order valence-corrected chi connectivity index (χ2v) is 7.74. The Morgan fingerprint density at radius 1 is 1.28 bits per heavy atom. The summed E-state index contributed by atoms with van der Waals surface area (Å²) in [5, 5.41) is 15.7. The molecule has 4 rings (SSSR count). The summed E-state index contributed by atoms with van der Waals surface area (Å²) in [6.45, 7) is 0. The number of carbonyl (C=O) groups is 1. The van der Waals surface area contributed by atoms with Crippen LogP contribution in [0.15, 0.2) is 6.20 Å². The SMILES string of the molecule is N#C[C@H]1CC[C@H](Nc2nc3c(F)cnc(NC(=O)C4CC4)c3s2)CC1. The zero-order valence-corrected chi connectivity index (χ0v) is 14.4. The van der Waals surface area contributed by atoms with Crippen LogP contribution in [0.2, 0.25) is 0 Å². The van der Waals surface area contributed by atoms with Crippen LogP contribution < -0.4 is 10.6 Å². The first-order valence-electron chi connectivity index (χ1n) is 8.56. The van der Waals surface area contributed by atoms with Gasteiger partial charge in [-0.1, -0.05) is 11.3 Å². The summed E-state index contributed by atoms with van der Waals surface area (Å²) in [6.07, 6.45) is 6.45. The Labute approximate surface area is 148 Å². The van der Waals surface area contributed by atoms with Crippen LogP contribution in [-0.4, -0.2) is 21.9 Å². The third-order valence-corrected chi connectivity index (χ3v) is 5.80. The molecule has 8 heteroatoms. The molecule has 0 bridgehead atoms. The standard InChI is InChI=1S/C17H18FN5OS/c18-12-8-20-15(23-16(24)10-3-4-10)14-13(12)22-17(25-14)21-11-5-1-9(7-19)2-6-11/h8-11H,1-6H2,(H,21,22)(H,20,23,24)/t9-,11-. The largest absolute Gasteiger partial charge is 0.359 e. The van der Waals surface area contributed by atoms with Crippen LogP contribution in [0, 0.1) is 29.0 Å². The Morgan fingerprint density at radius 3 is 2.72 bits per heavy atom. The molecule has 25 heavy (non-hydrogen) atoms. The minimum absolute atomic E-state index is 0.0573. The Morgan fingerprint density at radius 2 is 2.04 bits per heavy atom. The quantitative estimate of drug-likeness (QED) is 0.869. The van der Waals surface area contributed by atoms with Gasteiger partial charge in [-0.05, 0) is 38.5 Å². The van der Waals surface area contributed by atoms with E-state index in [1.807, 2.05) is 0 Å². The number of halogens is 1. The van der Waals surface area contributed by atoms with E-state index in [4.69, 9.17) is 5.26 Å². The molecule has 0 atom stereocenters. The van der Waals surface area contributed by atoms with Crippen molar-refractivity contribution in [3.8, 4) is 6.07 Å². The molecule has 2 heterocycles. The van der Waals surface area contributed by atoms with Crippen LogP contribution >= 0.6 is 11.3 Å². The van der Waals surface area contributed by atoms with E-state index in [0.717, 1.165) is 44.7 Å². The van der Waals surface area contributed by atoms with E-state index in [1.165, 1.54) is 11.3 Å². The Balaban J connectivity index is 1.53. The van der Waals surface area contributed by atoms with Crippen LogP contribution in [-0.2, 0) is 4.79 Å². The van der Waals surface area contributed by atoms with Gasteiger partial charge in [0.05, 0.1) is 12.3 Å². The number of nitrogens with one attached hydrogen (secondary N) is 2. The molecule has 2 fully saturated rings. The number of fused-ring (bicyclic) bond motifs is 1. The molecule has 2 N–H and O–H groups in total. The summed E-state index contributed by atoms with van der Waals surface area (Å²) in [5.74, 6) is 0.0316. The maximum Gasteiger partial charge on any atom is 0.228 e. The van der Waals surface area contributed by atoms with Crippen molar-refractivity contribution in [3.05, 3.63) is 12.0 Å². The van der Waals surface area contributed by atoms with Crippen LogP contribution in [0.1, 0.15) is 38.5 Å². The van der Waals surface area contributed by atoms with E-state index < -0.39 is 5.82 Å². The molecule has 0 spiro atoms. The molecule has 0 aromatic carbocycles. The van der Waals surface area contributed by atoms with Gasteiger partial charge in [0.25, 0.3) is 0 Å². The number of pyridine rings is 1. The second kappa shape index (κ2) is 6.56. The van der Waals surface area contributed by atoms with Crippen molar-refractivity contribution in [1.29, 1.82) is 5.26 Å². The molecule has 130 valence electrons. The number of carbonyl (C=O) groups excluding carboxylic acids is 1. The molecule has 0 unspecified atom stereocenters. The normalized spacial score (nSPS) is 23.2. The second-order valence-electron chi connectivity index (χ2n) is 6.74. The monoisotopic (exact) mass is 359 g/mol. The molecule has 1 amide bonds. The number of rotatable bonds is 4. The lowest BCUT2D eigenvalue weighted by atomic mass is 9.87. The molecule has 2 aliphatic carbocycles. The van der Waals surface area contributed by atoms with Gasteiger partial charge in [-0.3, -0.25) is 4.79 Å². The highest BCUT2D eigenvalue weighted by Crippen LogP contribution is 2.36. The number of nitrogens with zero attached hydrogens (tertiary/aromatic N) is 3. The molecule has 2 aliphatic rings. The zero-order valence-electron chi connectivity index (χ0n) is 13.6. The minimum atomic E-state index is -0.489. The Hall–Kier alpha value is -2.27. The lowest BCUT2D eigenvalue weighted by molar-refractivity contribution is -0.117. The molecular formula is C17H18FN5OS. The van der Waals surface area contributed by atoms with Crippen molar-refractivity contribution in [3.63, 3.8) is 0 Å². The van der Waals surface area contributed by atoms with Crippen molar-refractivity contribution in [1.82, 2.24) is 9.97 Å². The van der Waals surface area contributed by atoms with Crippen molar-refractivity contribution < 1.29 is 9.18 Å². The summed E-state index contributed by atoms with van der Waals surface area (Å²) in [4.78, 5) is 20.4. The molecule has 2 saturated carbocycles. The molecule has 0 aliphatic heterocycles. The van der Waals surface area contributed by atoms with Gasteiger partial charge in [-0.15, -0.1) is 0 Å². The highest BCUT2D eigenvalue weighted by molar-refractivity contribution is 7.22. The van der Waals surface area contributed by atoms with Crippen LogP contribution in [0.25, 0.3) is 10.2 Å². The van der Waals surface area contributed by atoms with Gasteiger partial charge in [0.2, 0.25) is 5.91 Å². The fourth-order valence-corrected chi connectivity index (χ4v) is 4.14. The maximum absolute atomic E-state index is 14.1. The lowest BCUT2D eigenvalue weighted by Gasteiger charge is -2.25. The average Bonchev–Trinajstić information content (AvgIpc) is 3.38. The highest BCUT2D eigenvalue weighted by Gasteiger charge is 2.30. The third kappa shape index (κ3) is 3.42. The zero-order chi connectivity index (χ0) is 17.4. The highest BCUT2D eigenvalue weighted by atomic mass is 32.1. The number of aromatic nitrogens is 2. The van der Waals surface area contributed by atoms with Gasteiger partial charge in [0.1, 0.15) is 10.2 Å². The number of hydrogen-bond donors (Lipinski definition) is 2. The first-order chi connectivity index (χ1) is 12.1. The number of anilines is 2. The summed E-state index contributed by atoms with van der Waals surface area (Å²) in [7, 11) is 0. The van der Waals surface area contributed by atoms with Gasteiger partial charge in [0, 0.05) is 17.9 Å². The van der Waals surface area contributed by atoms with E-state index in [2.05, 4.69) is 26.7 Å². The molecule has 0 saturated heterocycles. The molecule has 2 aromatic rings. The van der Waals surface area contributed by atoms with Gasteiger partial charge >= 0.3 is 0 Å². The number of amides is 1.